The van der Waals surface area contributed by atoms with Gasteiger partial charge in [0.1, 0.15) is 11.4 Å². The highest BCUT2D eigenvalue weighted by Crippen LogP contribution is 2.30. The Morgan fingerprint density at radius 3 is 2.30 bits per heavy atom. The number of nitrogens with zero attached hydrogens (tertiary/aromatic N) is 3. The van der Waals surface area contributed by atoms with Crippen LogP contribution >= 0.6 is 0 Å². The fourth-order valence-corrected chi connectivity index (χ4v) is 2.99. The van der Waals surface area contributed by atoms with E-state index in [1.807, 2.05) is 60.7 Å². The number of anilines is 1. The SMILES string of the molecule is O=C(Nc1ccc([N+](=O)[O-])cc1O)c1cn(-c2ccccc2)nc1-c1ccccc1. The Kier molecular flexibility index (Phi) is 4.96. The molecule has 2 N–H and O–H groups in total. The van der Waals surface area contributed by atoms with E-state index in [1.54, 1.807) is 10.9 Å². The van der Waals surface area contributed by atoms with Gasteiger partial charge in [0, 0.05) is 17.8 Å². The van der Waals surface area contributed by atoms with Gasteiger partial charge in [-0.1, -0.05) is 48.5 Å². The molecule has 0 bridgehead atoms. The Labute approximate surface area is 171 Å². The molecule has 1 heterocycles. The average molecular weight is 400 g/mol. The van der Waals surface area contributed by atoms with Crippen LogP contribution in [0, 0.1) is 10.1 Å². The molecule has 1 amide bonds. The number of aromatic hydroxyl groups is 1. The number of nitro benzene ring substituents is 1. The van der Waals surface area contributed by atoms with Crippen molar-refractivity contribution in [3.05, 3.63) is 101 Å². The fraction of sp³-hybridized carbons (Fsp3) is 0. The van der Waals surface area contributed by atoms with Gasteiger partial charge in [-0.2, -0.15) is 5.10 Å². The van der Waals surface area contributed by atoms with Crippen molar-refractivity contribution in [3.8, 4) is 22.7 Å². The molecule has 0 aliphatic heterocycles. The molecule has 8 nitrogen and oxygen atoms in total. The van der Waals surface area contributed by atoms with Gasteiger partial charge in [-0.25, -0.2) is 4.68 Å². The molecule has 148 valence electrons. The summed E-state index contributed by atoms with van der Waals surface area (Å²) in [5.74, 6) is -0.894. The largest absolute Gasteiger partial charge is 0.506 e. The molecule has 0 saturated heterocycles. The molecule has 0 unspecified atom stereocenters. The third-order valence-corrected chi connectivity index (χ3v) is 4.47. The van der Waals surface area contributed by atoms with Crippen LogP contribution in [0.2, 0.25) is 0 Å². The highest BCUT2D eigenvalue weighted by Gasteiger charge is 2.20. The molecule has 0 radical (unpaired) electrons. The number of hydrogen-bond acceptors (Lipinski definition) is 5. The van der Waals surface area contributed by atoms with E-state index in [9.17, 15) is 20.0 Å². The van der Waals surface area contributed by atoms with Crippen molar-refractivity contribution in [2.75, 3.05) is 5.32 Å². The van der Waals surface area contributed by atoms with Crippen LogP contribution in [0.4, 0.5) is 11.4 Å². The number of carbonyl (C=O) groups excluding carboxylic acids is 1. The van der Waals surface area contributed by atoms with Crippen molar-refractivity contribution in [2.45, 2.75) is 0 Å². The number of non-ortho nitro benzene ring substituents is 1. The minimum absolute atomic E-state index is 0.0667. The maximum absolute atomic E-state index is 13.0. The zero-order valence-electron chi connectivity index (χ0n) is 15.6. The van der Waals surface area contributed by atoms with E-state index < -0.39 is 16.6 Å². The van der Waals surface area contributed by atoms with Gasteiger partial charge in [0.15, 0.2) is 0 Å². The topological polar surface area (TPSA) is 110 Å². The van der Waals surface area contributed by atoms with Crippen molar-refractivity contribution >= 4 is 17.3 Å². The van der Waals surface area contributed by atoms with Crippen molar-refractivity contribution in [1.29, 1.82) is 0 Å². The van der Waals surface area contributed by atoms with Gasteiger partial charge in [-0.3, -0.25) is 14.9 Å². The van der Waals surface area contributed by atoms with Crippen LogP contribution in [-0.2, 0) is 0 Å². The maximum Gasteiger partial charge on any atom is 0.273 e. The van der Waals surface area contributed by atoms with Gasteiger partial charge < -0.3 is 10.4 Å². The molecule has 1 aromatic heterocycles. The van der Waals surface area contributed by atoms with Crippen LogP contribution in [0.3, 0.4) is 0 Å². The first-order valence-electron chi connectivity index (χ1n) is 9.02. The van der Waals surface area contributed by atoms with Crippen LogP contribution in [0.15, 0.2) is 85.1 Å². The Hall–Kier alpha value is -4.46. The molecule has 0 aliphatic carbocycles. The molecule has 4 rings (SSSR count). The van der Waals surface area contributed by atoms with Gasteiger partial charge in [-0.05, 0) is 18.2 Å². The Morgan fingerprint density at radius 1 is 1.00 bits per heavy atom. The van der Waals surface area contributed by atoms with E-state index in [1.165, 1.54) is 12.1 Å². The molecule has 0 saturated carbocycles. The predicted octanol–water partition coefficient (Wildman–Crippen LogP) is 4.41. The molecule has 4 aromatic rings. The second-order valence-electron chi connectivity index (χ2n) is 6.45. The third-order valence-electron chi connectivity index (χ3n) is 4.47. The molecule has 0 aliphatic rings. The van der Waals surface area contributed by atoms with Crippen molar-refractivity contribution < 1.29 is 14.8 Å². The van der Waals surface area contributed by atoms with Crippen LogP contribution in [0.1, 0.15) is 10.4 Å². The number of phenols is 1. The van der Waals surface area contributed by atoms with Gasteiger partial charge in [-0.15, -0.1) is 0 Å². The summed E-state index contributed by atoms with van der Waals surface area (Å²) in [7, 11) is 0. The first kappa shape index (κ1) is 18.9. The minimum Gasteiger partial charge on any atom is -0.506 e. The fourth-order valence-electron chi connectivity index (χ4n) is 2.99. The number of carbonyl (C=O) groups is 1. The van der Waals surface area contributed by atoms with Crippen LogP contribution in [-0.4, -0.2) is 25.7 Å². The first-order valence-corrected chi connectivity index (χ1v) is 9.02. The summed E-state index contributed by atoms with van der Waals surface area (Å²) >= 11 is 0. The number of para-hydroxylation sites is 1. The zero-order valence-corrected chi connectivity index (χ0v) is 15.6. The normalized spacial score (nSPS) is 10.5. The summed E-state index contributed by atoms with van der Waals surface area (Å²) in [5, 5.41) is 28.1. The first-order chi connectivity index (χ1) is 14.5. The molecule has 30 heavy (non-hydrogen) atoms. The number of phenolic OH excluding ortho intramolecular Hbond substituents is 1. The standard InChI is InChI=1S/C22H16N4O4/c27-20-13-17(26(29)30)11-12-19(20)23-22(28)18-14-25(16-9-5-2-6-10-16)24-21(18)15-7-3-1-4-8-15/h1-14,27H,(H,23,28). The van der Waals surface area contributed by atoms with Crippen molar-refractivity contribution in [2.24, 2.45) is 0 Å². The van der Waals surface area contributed by atoms with Crippen LogP contribution < -0.4 is 5.32 Å². The zero-order chi connectivity index (χ0) is 21.1. The highest BCUT2D eigenvalue weighted by atomic mass is 16.6. The number of nitrogens with one attached hydrogen (secondary N) is 1. The number of amides is 1. The summed E-state index contributed by atoms with van der Waals surface area (Å²) in [6.07, 6.45) is 1.61. The van der Waals surface area contributed by atoms with Crippen LogP contribution in [0.25, 0.3) is 16.9 Å². The Bertz CT molecular complexity index is 1220. The van der Waals surface area contributed by atoms with E-state index in [4.69, 9.17) is 0 Å². The summed E-state index contributed by atoms with van der Waals surface area (Å²) in [4.78, 5) is 23.2. The van der Waals surface area contributed by atoms with E-state index in [2.05, 4.69) is 10.4 Å². The van der Waals surface area contributed by atoms with E-state index in [0.29, 0.717) is 11.3 Å². The van der Waals surface area contributed by atoms with E-state index in [0.717, 1.165) is 17.3 Å². The summed E-state index contributed by atoms with van der Waals surface area (Å²) < 4.78 is 1.60. The number of hydrogen-bond donors (Lipinski definition) is 2. The van der Waals surface area contributed by atoms with Crippen molar-refractivity contribution in [1.82, 2.24) is 9.78 Å². The average Bonchev–Trinajstić information content (AvgIpc) is 3.22. The summed E-state index contributed by atoms with van der Waals surface area (Å²) in [6.45, 7) is 0. The summed E-state index contributed by atoms with van der Waals surface area (Å²) in [6, 6.07) is 22.1. The predicted molar refractivity (Wildman–Crippen MR) is 112 cm³/mol. The second-order valence-corrected chi connectivity index (χ2v) is 6.45. The summed E-state index contributed by atoms with van der Waals surface area (Å²) in [5.41, 5.74) is 2.10. The lowest BCUT2D eigenvalue weighted by Crippen LogP contribution is -2.12. The highest BCUT2D eigenvalue weighted by molar-refractivity contribution is 6.08. The number of rotatable bonds is 5. The third kappa shape index (κ3) is 3.74. The smallest absolute Gasteiger partial charge is 0.273 e. The molecule has 0 fully saturated rings. The molecular formula is C22H16N4O4. The lowest BCUT2D eigenvalue weighted by Gasteiger charge is -2.07. The Morgan fingerprint density at radius 2 is 1.67 bits per heavy atom. The minimum atomic E-state index is -0.622. The van der Waals surface area contributed by atoms with E-state index >= 15 is 0 Å². The number of aromatic nitrogens is 2. The molecular weight excluding hydrogens is 384 g/mol. The maximum atomic E-state index is 13.0. The Balaban J connectivity index is 1.73. The number of benzene rings is 3. The quantitative estimate of drug-likeness (QED) is 0.293. The van der Waals surface area contributed by atoms with Crippen molar-refractivity contribution in [3.63, 3.8) is 0 Å². The van der Waals surface area contributed by atoms with Gasteiger partial charge in [0.2, 0.25) is 0 Å². The molecule has 0 spiro atoms. The lowest BCUT2D eigenvalue weighted by atomic mass is 10.1. The lowest BCUT2D eigenvalue weighted by molar-refractivity contribution is -0.384. The molecule has 0 atom stereocenters. The van der Waals surface area contributed by atoms with Crippen LogP contribution in [0.5, 0.6) is 5.75 Å². The van der Waals surface area contributed by atoms with E-state index in [-0.39, 0.29) is 11.4 Å². The van der Waals surface area contributed by atoms with Gasteiger partial charge in [0.25, 0.3) is 11.6 Å². The second kappa shape index (κ2) is 7.88. The molecule has 3 aromatic carbocycles. The van der Waals surface area contributed by atoms with Gasteiger partial charge in [0.05, 0.1) is 27.9 Å². The van der Waals surface area contributed by atoms with Gasteiger partial charge >= 0.3 is 0 Å². The number of nitro groups is 1. The molecule has 8 heteroatoms. The monoisotopic (exact) mass is 400 g/mol.